The van der Waals surface area contributed by atoms with Crippen LogP contribution in [0, 0.1) is 0 Å². The maximum absolute atomic E-state index is 12.2. The topological polar surface area (TPSA) is 41.6 Å². The number of rotatable bonds is 5. The first-order chi connectivity index (χ1) is 9.61. The summed E-state index contributed by atoms with van der Waals surface area (Å²) in [6.07, 6.45) is 2.26. The van der Waals surface area contributed by atoms with Crippen molar-refractivity contribution in [1.29, 1.82) is 0 Å². The standard InChI is InChI=1S/C15H21BrN2O2/c1-11(15(19)18-7-3-4-8-18)17-10-12-5-6-14(20-2)13(16)9-12/h5-6,9,11,17H,3-4,7-8,10H2,1-2H3. The molecule has 1 aliphatic heterocycles. The lowest BCUT2D eigenvalue weighted by Crippen LogP contribution is -2.43. The molecule has 1 fully saturated rings. The second-order valence-corrected chi connectivity index (χ2v) is 5.96. The van der Waals surface area contributed by atoms with E-state index in [9.17, 15) is 4.79 Å². The van der Waals surface area contributed by atoms with Gasteiger partial charge >= 0.3 is 0 Å². The number of amides is 1. The molecule has 1 amide bonds. The van der Waals surface area contributed by atoms with Crippen LogP contribution in [0.3, 0.4) is 0 Å². The van der Waals surface area contributed by atoms with Gasteiger partial charge in [0.15, 0.2) is 0 Å². The van der Waals surface area contributed by atoms with Crippen LogP contribution in [0.15, 0.2) is 22.7 Å². The van der Waals surface area contributed by atoms with Crippen molar-refractivity contribution in [2.24, 2.45) is 0 Å². The van der Waals surface area contributed by atoms with Crippen LogP contribution in [-0.4, -0.2) is 37.0 Å². The quantitative estimate of drug-likeness (QED) is 0.895. The molecule has 4 nitrogen and oxygen atoms in total. The fourth-order valence-electron chi connectivity index (χ4n) is 2.39. The molecule has 0 spiro atoms. The van der Waals surface area contributed by atoms with Crippen LogP contribution in [0.1, 0.15) is 25.3 Å². The van der Waals surface area contributed by atoms with Gasteiger partial charge in [-0.05, 0) is 53.4 Å². The third-order valence-electron chi connectivity index (χ3n) is 3.62. The summed E-state index contributed by atoms with van der Waals surface area (Å²) < 4.78 is 6.13. The van der Waals surface area contributed by atoms with E-state index in [2.05, 4.69) is 21.2 Å². The highest BCUT2D eigenvalue weighted by Gasteiger charge is 2.22. The molecule has 0 radical (unpaired) electrons. The minimum Gasteiger partial charge on any atom is -0.496 e. The number of nitrogens with one attached hydrogen (secondary N) is 1. The molecule has 1 saturated heterocycles. The van der Waals surface area contributed by atoms with Crippen molar-refractivity contribution in [1.82, 2.24) is 10.2 Å². The van der Waals surface area contributed by atoms with E-state index in [0.29, 0.717) is 6.54 Å². The van der Waals surface area contributed by atoms with E-state index in [1.54, 1.807) is 7.11 Å². The highest BCUT2D eigenvalue weighted by Crippen LogP contribution is 2.25. The average Bonchev–Trinajstić information content (AvgIpc) is 2.98. The van der Waals surface area contributed by atoms with Crippen LogP contribution in [0.4, 0.5) is 0 Å². The Bertz CT molecular complexity index is 473. The van der Waals surface area contributed by atoms with Crippen LogP contribution in [0.5, 0.6) is 5.75 Å². The van der Waals surface area contributed by atoms with Crippen molar-refractivity contribution >= 4 is 21.8 Å². The molecule has 2 rings (SSSR count). The highest BCUT2D eigenvalue weighted by molar-refractivity contribution is 9.10. The number of likely N-dealkylation sites (tertiary alicyclic amines) is 1. The first-order valence-corrected chi connectivity index (χ1v) is 7.75. The lowest BCUT2D eigenvalue weighted by Gasteiger charge is -2.21. The zero-order chi connectivity index (χ0) is 14.5. The Morgan fingerprint density at radius 2 is 2.15 bits per heavy atom. The van der Waals surface area contributed by atoms with E-state index >= 15 is 0 Å². The molecule has 1 heterocycles. The number of methoxy groups -OCH3 is 1. The van der Waals surface area contributed by atoms with Crippen LogP contribution in [0.25, 0.3) is 0 Å². The summed E-state index contributed by atoms with van der Waals surface area (Å²) >= 11 is 3.47. The molecule has 1 aromatic rings. The molecular formula is C15H21BrN2O2. The van der Waals surface area contributed by atoms with Crippen LogP contribution < -0.4 is 10.1 Å². The molecule has 20 heavy (non-hydrogen) atoms. The Balaban J connectivity index is 1.87. The lowest BCUT2D eigenvalue weighted by molar-refractivity contribution is -0.131. The Labute approximate surface area is 128 Å². The largest absolute Gasteiger partial charge is 0.496 e. The van der Waals surface area contributed by atoms with Gasteiger partial charge in [0.1, 0.15) is 5.75 Å². The zero-order valence-corrected chi connectivity index (χ0v) is 13.6. The van der Waals surface area contributed by atoms with E-state index < -0.39 is 0 Å². The van der Waals surface area contributed by atoms with Crippen LogP contribution >= 0.6 is 15.9 Å². The normalized spacial score (nSPS) is 16.2. The Morgan fingerprint density at radius 3 is 2.75 bits per heavy atom. The fourth-order valence-corrected chi connectivity index (χ4v) is 2.98. The second kappa shape index (κ2) is 7.09. The summed E-state index contributed by atoms with van der Waals surface area (Å²) in [5.74, 6) is 1.02. The van der Waals surface area contributed by atoms with Crippen molar-refractivity contribution in [3.8, 4) is 5.75 Å². The van der Waals surface area contributed by atoms with Gasteiger partial charge in [-0.25, -0.2) is 0 Å². The molecule has 0 bridgehead atoms. The van der Waals surface area contributed by atoms with Gasteiger partial charge in [-0.15, -0.1) is 0 Å². The third kappa shape index (κ3) is 3.73. The Kier molecular flexibility index (Phi) is 5.43. The minimum atomic E-state index is -0.144. The fraction of sp³-hybridized carbons (Fsp3) is 0.533. The van der Waals surface area contributed by atoms with Gasteiger partial charge in [0.05, 0.1) is 17.6 Å². The summed E-state index contributed by atoms with van der Waals surface area (Å²) in [5, 5.41) is 3.29. The van der Waals surface area contributed by atoms with Gasteiger partial charge in [0.2, 0.25) is 5.91 Å². The molecule has 1 aromatic carbocycles. The van der Waals surface area contributed by atoms with E-state index in [4.69, 9.17) is 4.74 Å². The zero-order valence-electron chi connectivity index (χ0n) is 12.0. The summed E-state index contributed by atoms with van der Waals surface area (Å²) in [5.41, 5.74) is 1.12. The van der Waals surface area contributed by atoms with Crippen LogP contribution in [-0.2, 0) is 11.3 Å². The predicted molar refractivity (Wildman–Crippen MR) is 82.8 cm³/mol. The van der Waals surface area contributed by atoms with Gasteiger partial charge in [0.25, 0.3) is 0 Å². The smallest absolute Gasteiger partial charge is 0.239 e. The van der Waals surface area contributed by atoms with Gasteiger partial charge in [-0.1, -0.05) is 6.07 Å². The van der Waals surface area contributed by atoms with Crippen molar-refractivity contribution in [2.75, 3.05) is 20.2 Å². The molecule has 1 N–H and O–H groups in total. The minimum absolute atomic E-state index is 0.144. The van der Waals surface area contributed by atoms with Crippen molar-refractivity contribution < 1.29 is 9.53 Å². The number of carbonyl (C=O) groups excluding carboxylic acids is 1. The van der Waals surface area contributed by atoms with Crippen molar-refractivity contribution in [2.45, 2.75) is 32.4 Å². The van der Waals surface area contributed by atoms with E-state index in [-0.39, 0.29) is 11.9 Å². The summed E-state index contributed by atoms with van der Waals surface area (Å²) in [6.45, 7) is 4.40. The molecule has 0 saturated carbocycles. The second-order valence-electron chi connectivity index (χ2n) is 5.10. The first-order valence-electron chi connectivity index (χ1n) is 6.96. The Morgan fingerprint density at radius 1 is 1.45 bits per heavy atom. The van der Waals surface area contributed by atoms with Crippen molar-refractivity contribution in [3.63, 3.8) is 0 Å². The molecule has 110 valence electrons. The van der Waals surface area contributed by atoms with Gasteiger partial charge in [-0.2, -0.15) is 0 Å². The number of benzene rings is 1. The van der Waals surface area contributed by atoms with E-state index in [0.717, 1.165) is 41.7 Å². The molecule has 5 heteroatoms. The molecular weight excluding hydrogens is 320 g/mol. The van der Waals surface area contributed by atoms with Gasteiger partial charge in [-0.3, -0.25) is 4.79 Å². The number of carbonyl (C=O) groups is 1. The maximum Gasteiger partial charge on any atom is 0.239 e. The number of hydrogen-bond donors (Lipinski definition) is 1. The molecule has 1 aliphatic rings. The summed E-state index contributed by atoms with van der Waals surface area (Å²) in [6, 6.07) is 5.80. The Hall–Kier alpha value is -1.07. The first kappa shape index (κ1) is 15.3. The molecule has 1 unspecified atom stereocenters. The molecule has 0 aromatic heterocycles. The monoisotopic (exact) mass is 340 g/mol. The lowest BCUT2D eigenvalue weighted by atomic mass is 10.2. The highest BCUT2D eigenvalue weighted by atomic mass is 79.9. The van der Waals surface area contributed by atoms with Gasteiger partial charge < -0.3 is 15.0 Å². The van der Waals surface area contributed by atoms with E-state index in [1.165, 1.54) is 0 Å². The average molecular weight is 341 g/mol. The SMILES string of the molecule is COc1ccc(CNC(C)C(=O)N2CCCC2)cc1Br. The summed E-state index contributed by atoms with van der Waals surface area (Å²) in [7, 11) is 1.65. The van der Waals surface area contributed by atoms with Gasteiger partial charge in [0, 0.05) is 19.6 Å². The summed E-state index contributed by atoms with van der Waals surface area (Å²) in [4.78, 5) is 14.1. The number of nitrogens with zero attached hydrogens (tertiary/aromatic N) is 1. The maximum atomic E-state index is 12.2. The van der Waals surface area contributed by atoms with Crippen LogP contribution in [0.2, 0.25) is 0 Å². The van der Waals surface area contributed by atoms with Crippen molar-refractivity contribution in [3.05, 3.63) is 28.2 Å². The number of halogens is 1. The molecule has 0 aliphatic carbocycles. The predicted octanol–water partition coefficient (Wildman–Crippen LogP) is 2.56. The third-order valence-corrected chi connectivity index (χ3v) is 4.24. The molecule has 1 atom stereocenters. The number of hydrogen-bond acceptors (Lipinski definition) is 3. The number of ether oxygens (including phenoxy) is 1. The van der Waals surface area contributed by atoms with E-state index in [1.807, 2.05) is 30.0 Å².